The number of nitrogens with one attached hydrogen (secondary N) is 1. The smallest absolute Gasteiger partial charge is 0.00808 e. The molecule has 1 heterocycles. The summed E-state index contributed by atoms with van der Waals surface area (Å²) in [6.07, 6.45) is 12.4. The zero-order valence-corrected chi connectivity index (χ0v) is 7.93. The van der Waals surface area contributed by atoms with Gasteiger partial charge in [0.05, 0.1) is 0 Å². The number of hydrogen-bond donors (Lipinski definition) is 1. The molecule has 0 aromatic carbocycles. The minimum atomic E-state index is 1.23. The van der Waals surface area contributed by atoms with Gasteiger partial charge in [-0.3, -0.25) is 0 Å². The van der Waals surface area contributed by atoms with Crippen molar-refractivity contribution in [2.75, 3.05) is 0 Å². The zero-order chi connectivity index (χ0) is 8.81. The molecule has 0 saturated carbocycles. The zero-order valence-electron chi connectivity index (χ0n) is 7.93. The van der Waals surface area contributed by atoms with Crippen LogP contribution in [0, 0.1) is 0 Å². The van der Waals surface area contributed by atoms with Crippen molar-refractivity contribution in [3.05, 3.63) is 29.6 Å². The summed E-state index contributed by atoms with van der Waals surface area (Å²) in [5, 5.41) is 0. The molecular formula is C11H17N. The third-order valence-electron chi connectivity index (χ3n) is 1.98. The van der Waals surface area contributed by atoms with Gasteiger partial charge in [-0.2, -0.15) is 0 Å². The first-order valence-electron chi connectivity index (χ1n) is 4.79. The molecular weight excluding hydrogens is 146 g/mol. The van der Waals surface area contributed by atoms with Crippen LogP contribution in [-0.2, 0) is 6.42 Å². The van der Waals surface area contributed by atoms with Gasteiger partial charge < -0.3 is 4.98 Å². The lowest BCUT2D eigenvalue weighted by Gasteiger charge is -1.91. The maximum Gasteiger partial charge on any atom is 0.00808 e. The fraction of sp³-hybridized carbons (Fsp3) is 0.455. The highest BCUT2D eigenvalue weighted by atomic mass is 14.6. The summed E-state index contributed by atoms with van der Waals surface area (Å²) in [4.78, 5) is 3.12. The van der Waals surface area contributed by atoms with Crippen LogP contribution in [0.1, 0.15) is 37.8 Å². The van der Waals surface area contributed by atoms with Crippen LogP contribution in [0.15, 0.2) is 18.5 Å². The minimum absolute atomic E-state index is 1.23. The second kappa shape index (κ2) is 4.81. The van der Waals surface area contributed by atoms with Crippen LogP contribution in [0.3, 0.4) is 0 Å². The topological polar surface area (TPSA) is 15.8 Å². The molecule has 1 aliphatic rings. The molecule has 0 unspecified atom stereocenters. The molecule has 12 heavy (non-hydrogen) atoms. The molecule has 1 aromatic rings. The summed E-state index contributed by atoms with van der Waals surface area (Å²) in [5.74, 6) is 0. The Kier molecular flexibility index (Phi) is 3.65. The molecule has 0 saturated heterocycles. The fourth-order valence-electron chi connectivity index (χ4n) is 1.40. The Hall–Kier alpha value is -0.980. The lowest BCUT2D eigenvalue weighted by Crippen LogP contribution is -1.79. The van der Waals surface area contributed by atoms with E-state index in [9.17, 15) is 0 Å². The molecule has 0 fully saturated rings. The molecule has 1 aliphatic carbocycles. The van der Waals surface area contributed by atoms with E-state index in [-0.39, 0.29) is 0 Å². The van der Waals surface area contributed by atoms with Crippen LogP contribution < -0.4 is 0 Å². The Morgan fingerprint density at radius 2 is 2.08 bits per heavy atom. The Labute approximate surface area is 74.5 Å². The second-order valence-corrected chi connectivity index (χ2v) is 2.73. The minimum Gasteiger partial charge on any atom is -0.367 e. The van der Waals surface area contributed by atoms with Gasteiger partial charge in [-0.1, -0.05) is 26.0 Å². The molecule has 0 atom stereocenters. The van der Waals surface area contributed by atoms with Gasteiger partial charge in [0.15, 0.2) is 0 Å². The van der Waals surface area contributed by atoms with E-state index in [1.54, 1.807) is 0 Å². The van der Waals surface area contributed by atoms with Crippen molar-refractivity contribution in [2.24, 2.45) is 0 Å². The number of aryl methyl sites for hydroxylation is 1. The standard InChI is InChI=1S/C9H11N.C2H6/c1-2-4-8-6-10-7-9(8)5-3-1;1-2/h2,4,6-7,10H,1,3,5H2;1-2H3. The Bertz CT molecular complexity index is 245. The Balaban J connectivity index is 0.000000336. The van der Waals surface area contributed by atoms with E-state index >= 15 is 0 Å². The van der Waals surface area contributed by atoms with Gasteiger partial charge in [-0.15, -0.1) is 0 Å². The molecule has 1 nitrogen and oxygen atoms in total. The SMILES string of the molecule is C1=Cc2c[nH]cc2CCC1.CC. The number of aromatic amines is 1. The maximum absolute atomic E-state index is 3.12. The predicted octanol–water partition coefficient (Wildman–Crippen LogP) is 3.39. The quantitative estimate of drug-likeness (QED) is 0.603. The van der Waals surface area contributed by atoms with Crippen LogP contribution in [0.4, 0.5) is 0 Å². The molecule has 0 radical (unpaired) electrons. The molecule has 2 rings (SSSR count). The molecule has 66 valence electrons. The summed E-state index contributed by atoms with van der Waals surface area (Å²) in [7, 11) is 0. The lowest BCUT2D eigenvalue weighted by atomic mass is 10.1. The van der Waals surface area contributed by atoms with E-state index in [1.807, 2.05) is 13.8 Å². The lowest BCUT2D eigenvalue weighted by molar-refractivity contribution is 0.852. The van der Waals surface area contributed by atoms with Gasteiger partial charge in [0.25, 0.3) is 0 Å². The van der Waals surface area contributed by atoms with Crippen molar-refractivity contribution in [1.29, 1.82) is 0 Å². The van der Waals surface area contributed by atoms with Crippen LogP contribution >= 0.6 is 0 Å². The largest absolute Gasteiger partial charge is 0.367 e. The highest BCUT2D eigenvalue weighted by Gasteiger charge is 2.01. The predicted molar refractivity (Wildman–Crippen MR) is 54.1 cm³/mol. The van der Waals surface area contributed by atoms with Crippen molar-refractivity contribution in [2.45, 2.75) is 33.1 Å². The van der Waals surface area contributed by atoms with Crippen LogP contribution in [0.5, 0.6) is 0 Å². The average Bonchev–Trinajstić information content (AvgIpc) is 2.46. The van der Waals surface area contributed by atoms with Gasteiger partial charge >= 0.3 is 0 Å². The van der Waals surface area contributed by atoms with Crippen molar-refractivity contribution in [3.63, 3.8) is 0 Å². The first kappa shape index (κ1) is 9.11. The molecule has 0 spiro atoms. The summed E-state index contributed by atoms with van der Waals surface area (Å²) in [6, 6.07) is 0. The molecule has 0 bridgehead atoms. The third kappa shape index (κ3) is 2.00. The van der Waals surface area contributed by atoms with Gasteiger partial charge in [0, 0.05) is 12.4 Å². The van der Waals surface area contributed by atoms with Crippen LogP contribution in [0.25, 0.3) is 6.08 Å². The van der Waals surface area contributed by atoms with E-state index in [2.05, 4.69) is 29.5 Å². The number of aromatic nitrogens is 1. The highest BCUT2D eigenvalue weighted by molar-refractivity contribution is 5.53. The van der Waals surface area contributed by atoms with Crippen molar-refractivity contribution in [3.8, 4) is 0 Å². The molecule has 0 amide bonds. The van der Waals surface area contributed by atoms with Crippen LogP contribution in [-0.4, -0.2) is 4.98 Å². The van der Waals surface area contributed by atoms with Crippen molar-refractivity contribution in [1.82, 2.24) is 4.98 Å². The van der Waals surface area contributed by atoms with Crippen LogP contribution in [0.2, 0.25) is 0 Å². The molecule has 0 aliphatic heterocycles. The number of H-pyrrole nitrogens is 1. The Morgan fingerprint density at radius 1 is 1.25 bits per heavy atom. The maximum atomic E-state index is 3.12. The molecule has 1 aromatic heterocycles. The molecule has 1 heteroatoms. The summed E-state index contributed by atoms with van der Waals surface area (Å²) < 4.78 is 0. The van der Waals surface area contributed by atoms with E-state index < -0.39 is 0 Å². The van der Waals surface area contributed by atoms with Gasteiger partial charge in [0.2, 0.25) is 0 Å². The van der Waals surface area contributed by atoms with Gasteiger partial charge in [-0.05, 0) is 30.4 Å². The number of rotatable bonds is 0. The third-order valence-corrected chi connectivity index (χ3v) is 1.98. The van der Waals surface area contributed by atoms with E-state index in [0.29, 0.717) is 0 Å². The average molecular weight is 163 g/mol. The number of allylic oxidation sites excluding steroid dienone is 1. The fourth-order valence-corrected chi connectivity index (χ4v) is 1.40. The molecule has 1 N–H and O–H groups in total. The highest BCUT2D eigenvalue weighted by Crippen LogP contribution is 2.17. The number of fused-ring (bicyclic) bond motifs is 1. The first-order valence-corrected chi connectivity index (χ1v) is 4.79. The number of hydrogen-bond acceptors (Lipinski definition) is 0. The van der Waals surface area contributed by atoms with E-state index in [0.717, 1.165) is 0 Å². The van der Waals surface area contributed by atoms with Gasteiger partial charge in [-0.25, -0.2) is 0 Å². The monoisotopic (exact) mass is 163 g/mol. The van der Waals surface area contributed by atoms with Crippen molar-refractivity contribution < 1.29 is 0 Å². The second-order valence-electron chi connectivity index (χ2n) is 2.73. The van der Waals surface area contributed by atoms with Gasteiger partial charge in [0.1, 0.15) is 0 Å². The summed E-state index contributed by atoms with van der Waals surface area (Å²) >= 11 is 0. The Morgan fingerprint density at radius 3 is 2.92 bits per heavy atom. The normalized spacial score (nSPS) is 14.2. The van der Waals surface area contributed by atoms with E-state index in [4.69, 9.17) is 0 Å². The van der Waals surface area contributed by atoms with Crippen molar-refractivity contribution >= 4 is 6.08 Å². The first-order chi connectivity index (χ1) is 5.97. The summed E-state index contributed by atoms with van der Waals surface area (Å²) in [5.41, 5.74) is 2.84. The summed E-state index contributed by atoms with van der Waals surface area (Å²) in [6.45, 7) is 4.00. The van der Waals surface area contributed by atoms with E-state index in [1.165, 1.54) is 30.4 Å².